The highest BCUT2D eigenvalue weighted by atomic mass is 33.1. The van der Waals surface area contributed by atoms with Gasteiger partial charge in [-0.25, -0.2) is 14.6 Å². The van der Waals surface area contributed by atoms with Gasteiger partial charge < -0.3 is 34.9 Å². The number of anilines is 3. The minimum absolute atomic E-state index is 0.0230. The van der Waals surface area contributed by atoms with E-state index in [2.05, 4.69) is 35.9 Å². The highest BCUT2D eigenvalue weighted by Gasteiger charge is 2.61. The largest absolute Gasteiger partial charge is 0.494 e. The number of nitrogens with zero attached hydrogens (tertiary/aromatic N) is 6. The fraction of sp³-hybridized carbons (Fsp3) is 0.415. The normalized spacial score (nSPS) is 18.5. The SMILES string of the molecule is BC1(B)C(C(=O)Nc2ccc(CNC(=O)c3ccc(N4CCN(C(=O)CCSSC(C)(C)CC(=O)N/N=C5\CCN(C)c6cc(OCCCC(=O)ON7C(=O)CCC7=O)ccc65)CC4)cc3)c(F)c2)C1c1cccnc1. The van der Waals surface area contributed by atoms with Crippen LogP contribution in [0.15, 0.2) is 90.3 Å². The van der Waals surface area contributed by atoms with Crippen LogP contribution in [-0.4, -0.2) is 135 Å². The van der Waals surface area contributed by atoms with E-state index in [0.29, 0.717) is 85.4 Å². The average molecular weight is 1070 g/mol. The van der Waals surface area contributed by atoms with Gasteiger partial charge in [-0.1, -0.05) is 38.9 Å². The number of piperazine rings is 1. The Morgan fingerprint density at radius 2 is 1.67 bits per heavy atom. The van der Waals surface area contributed by atoms with Crippen LogP contribution in [0, 0.1) is 11.7 Å². The van der Waals surface area contributed by atoms with Crippen LogP contribution in [0.25, 0.3) is 0 Å². The number of fused-ring (bicyclic) bond motifs is 1. The Balaban J connectivity index is 0.699. The number of amides is 6. The molecule has 23 heteroatoms. The van der Waals surface area contributed by atoms with Gasteiger partial charge in [0.15, 0.2) is 0 Å². The van der Waals surface area contributed by atoms with Crippen molar-refractivity contribution < 1.29 is 47.5 Å². The van der Waals surface area contributed by atoms with E-state index in [0.717, 1.165) is 28.2 Å². The number of imide groups is 1. The Kier molecular flexibility index (Phi) is 17.8. The molecule has 398 valence electrons. The molecule has 4 heterocycles. The van der Waals surface area contributed by atoms with Crippen molar-refractivity contribution in [1.82, 2.24) is 25.7 Å². The highest BCUT2D eigenvalue weighted by Crippen LogP contribution is 2.66. The van der Waals surface area contributed by atoms with Crippen LogP contribution in [0.3, 0.4) is 0 Å². The third kappa shape index (κ3) is 13.9. The molecule has 1 aromatic heterocycles. The van der Waals surface area contributed by atoms with Crippen LogP contribution in [0.4, 0.5) is 21.5 Å². The lowest BCUT2D eigenvalue weighted by molar-refractivity contribution is -0.197. The van der Waals surface area contributed by atoms with Crippen molar-refractivity contribution in [2.45, 2.75) is 81.2 Å². The van der Waals surface area contributed by atoms with Crippen molar-refractivity contribution in [1.29, 1.82) is 0 Å². The minimum atomic E-state index is -0.678. The van der Waals surface area contributed by atoms with Gasteiger partial charge in [0.25, 0.3) is 17.7 Å². The van der Waals surface area contributed by atoms with E-state index in [1.807, 2.05) is 77.9 Å². The smallest absolute Gasteiger partial charge is 0.333 e. The highest BCUT2D eigenvalue weighted by molar-refractivity contribution is 8.77. The molecule has 3 fully saturated rings. The monoisotopic (exact) mass is 1070 g/mol. The van der Waals surface area contributed by atoms with Crippen LogP contribution in [0.5, 0.6) is 5.75 Å². The first-order chi connectivity index (χ1) is 36.4. The standard InChI is InChI=1S/C53H62B2FN9O9S2/c1-52(2,30-43(66)61-60-41-18-21-62(3)42-29-38(14-15-39(41)42)73-26-5-7-47(70)74-65-45(68)16-17-46(65)69)76-75-27-19-44(67)64-24-22-63(23-25-64)37-12-9-33(10-13-37)50(71)58-32-34-8-11-36(28-40(34)56)59-51(72)49-48(53(49,54)55)35-6-4-20-57-31-35/h4,6,8-15,20,28-29,31,48-49H,5,7,16-19,21-27,30,32,54-55H2,1-3H3,(H,58,71)(H,59,72)(H,61,66)/b60-41+. The fourth-order valence-electron chi connectivity index (χ4n) is 9.70. The summed E-state index contributed by atoms with van der Waals surface area (Å²) >= 11 is 0. The Morgan fingerprint density at radius 1 is 0.921 bits per heavy atom. The molecule has 3 aromatic carbocycles. The summed E-state index contributed by atoms with van der Waals surface area (Å²) in [5.41, 5.74) is 8.25. The van der Waals surface area contributed by atoms with E-state index in [9.17, 15) is 33.6 Å². The van der Waals surface area contributed by atoms with Crippen LogP contribution in [0.2, 0.25) is 5.21 Å². The molecular weight excluding hydrogens is 1010 g/mol. The second-order valence-electron chi connectivity index (χ2n) is 20.5. The first-order valence-electron chi connectivity index (χ1n) is 25.5. The van der Waals surface area contributed by atoms with E-state index in [1.54, 1.807) is 64.3 Å². The number of carbonyl (C=O) groups excluding carboxylic acids is 7. The van der Waals surface area contributed by atoms with Crippen LogP contribution in [0.1, 0.15) is 91.8 Å². The molecule has 3 N–H and O–H groups in total. The first-order valence-corrected chi connectivity index (χ1v) is 27.8. The van der Waals surface area contributed by atoms with Gasteiger partial charge in [0, 0.05) is 147 Å². The number of hydroxylamine groups is 2. The predicted molar refractivity (Wildman–Crippen MR) is 296 cm³/mol. The number of hydrogen-bond acceptors (Lipinski definition) is 15. The van der Waals surface area contributed by atoms with Gasteiger partial charge in [-0.05, 0) is 86.3 Å². The summed E-state index contributed by atoms with van der Waals surface area (Å²) in [6.07, 6.45) is 5.06. The Morgan fingerprint density at radius 3 is 2.38 bits per heavy atom. The lowest BCUT2D eigenvalue weighted by Gasteiger charge is -2.36. The maximum absolute atomic E-state index is 15.2. The van der Waals surface area contributed by atoms with Crippen molar-refractivity contribution in [2.24, 2.45) is 11.0 Å². The van der Waals surface area contributed by atoms with Crippen molar-refractivity contribution in [3.05, 3.63) is 113 Å². The molecule has 2 unspecified atom stereocenters. The summed E-state index contributed by atoms with van der Waals surface area (Å²) in [4.78, 5) is 103. The van der Waals surface area contributed by atoms with Crippen LogP contribution in [-0.2, 0) is 40.1 Å². The molecule has 0 bridgehead atoms. The quantitative estimate of drug-likeness (QED) is 0.0343. The Labute approximate surface area is 451 Å². The summed E-state index contributed by atoms with van der Waals surface area (Å²) in [5, 5.41) is 10.5. The lowest BCUT2D eigenvalue weighted by atomic mass is 9.63. The number of pyridine rings is 1. The zero-order valence-corrected chi connectivity index (χ0v) is 45.0. The number of hydrogen-bond donors (Lipinski definition) is 3. The molecule has 18 nitrogen and oxygen atoms in total. The molecule has 2 saturated heterocycles. The molecule has 76 heavy (non-hydrogen) atoms. The van der Waals surface area contributed by atoms with Crippen LogP contribution >= 0.6 is 21.6 Å². The summed E-state index contributed by atoms with van der Waals surface area (Å²) in [5.74, 6) is -1.97. The number of ether oxygens (including phenoxy) is 1. The predicted octanol–water partition coefficient (Wildman–Crippen LogP) is 4.60. The zero-order chi connectivity index (χ0) is 54.1. The average Bonchev–Trinajstić information content (AvgIpc) is 4.10. The van der Waals surface area contributed by atoms with E-state index < -0.39 is 28.3 Å². The van der Waals surface area contributed by atoms with E-state index >= 15 is 4.39 Å². The number of carbonyl (C=O) groups is 7. The van der Waals surface area contributed by atoms with Gasteiger partial charge in [0.1, 0.15) is 27.3 Å². The number of hydrazone groups is 1. The number of benzene rings is 3. The van der Waals surface area contributed by atoms with Gasteiger partial charge in [-0.3, -0.25) is 33.8 Å². The number of rotatable bonds is 21. The lowest BCUT2D eigenvalue weighted by Crippen LogP contribution is -2.48. The van der Waals surface area contributed by atoms with Crippen molar-refractivity contribution in [2.75, 3.05) is 67.2 Å². The van der Waals surface area contributed by atoms with Gasteiger partial charge in [0.2, 0.25) is 17.7 Å². The third-order valence-corrected chi connectivity index (χ3v) is 17.3. The first kappa shape index (κ1) is 55.4. The summed E-state index contributed by atoms with van der Waals surface area (Å²) in [6.45, 7) is 7.26. The maximum atomic E-state index is 15.2. The Bertz CT molecular complexity index is 2860. The van der Waals surface area contributed by atoms with Gasteiger partial charge in [0.05, 0.1) is 18.7 Å². The van der Waals surface area contributed by atoms with Crippen LogP contribution < -0.4 is 30.6 Å². The minimum Gasteiger partial charge on any atom is -0.494 e. The summed E-state index contributed by atoms with van der Waals surface area (Å²) in [7, 11) is 9.17. The molecule has 8 rings (SSSR count). The summed E-state index contributed by atoms with van der Waals surface area (Å²) in [6, 6.07) is 21.1. The molecule has 0 radical (unpaired) electrons. The zero-order valence-electron chi connectivity index (χ0n) is 43.4. The van der Waals surface area contributed by atoms with Gasteiger partial charge in [-0.15, -0.1) is 5.06 Å². The second kappa shape index (κ2) is 24.4. The van der Waals surface area contributed by atoms with Crippen molar-refractivity contribution >= 4 is 101 Å². The molecule has 1 aliphatic carbocycles. The molecule has 4 aromatic rings. The van der Waals surface area contributed by atoms with Crippen molar-refractivity contribution in [3.8, 4) is 5.75 Å². The topological polar surface area (TPSA) is 212 Å². The van der Waals surface area contributed by atoms with E-state index in [-0.39, 0.29) is 79.5 Å². The molecule has 0 spiro atoms. The third-order valence-electron chi connectivity index (χ3n) is 14.0. The van der Waals surface area contributed by atoms with E-state index in [1.165, 1.54) is 6.07 Å². The fourth-order valence-corrected chi connectivity index (χ4v) is 12.2. The molecule has 4 aliphatic rings. The van der Waals surface area contributed by atoms with Crippen molar-refractivity contribution in [3.63, 3.8) is 0 Å². The molecule has 1 saturated carbocycles. The second-order valence-corrected chi connectivity index (χ2v) is 23.6. The van der Waals surface area contributed by atoms with Gasteiger partial charge >= 0.3 is 5.97 Å². The molecule has 6 amide bonds. The van der Waals surface area contributed by atoms with E-state index in [4.69, 9.17) is 9.57 Å². The van der Waals surface area contributed by atoms with Gasteiger partial charge in [-0.2, -0.15) is 5.10 Å². The number of nitrogens with one attached hydrogen (secondary N) is 3. The maximum Gasteiger partial charge on any atom is 0.333 e. The molecule has 3 aliphatic heterocycles. The number of aromatic nitrogens is 1. The summed E-state index contributed by atoms with van der Waals surface area (Å²) < 4.78 is 20.6. The molecule has 2 atom stereocenters. The molecular formula is C53H62B2FN9O9S2. The Hall–Kier alpha value is -6.87. The number of halogens is 1.